The van der Waals surface area contributed by atoms with Crippen molar-refractivity contribution in [2.45, 2.75) is 85.2 Å². The molecule has 0 spiro atoms. The summed E-state index contributed by atoms with van der Waals surface area (Å²) in [5.41, 5.74) is 3.36. The van der Waals surface area contributed by atoms with Crippen molar-refractivity contribution in [2.24, 2.45) is 0 Å². The molecule has 0 fully saturated rings. The quantitative estimate of drug-likeness (QED) is 0.175. The van der Waals surface area contributed by atoms with E-state index >= 15 is 0 Å². The van der Waals surface area contributed by atoms with Gasteiger partial charge in [-0.15, -0.1) is 0 Å². The highest BCUT2D eigenvalue weighted by Crippen LogP contribution is 2.39. The van der Waals surface area contributed by atoms with E-state index in [0.717, 1.165) is 84.4 Å². The van der Waals surface area contributed by atoms with Gasteiger partial charge in [0.1, 0.15) is 5.75 Å². The number of benzene rings is 2. The lowest BCUT2D eigenvalue weighted by Crippen LogP contribution is -2.27. The highest BCUT2D eigenvalue weighted by atomic mass is 16.5. The number of methoxy groups -OCH3 is 1. The van der Waals surface area contributed by atoms with Crippen molar-refractivity contribution in [3.63, 3.8) is 0 Å². The van der Waals surface area contributed by atoms with Crippen LogP contribution < -0.4 is 24.3 Å². The van der Waals surface area contributed by atoms with E-state index in [0.29, 0.717) is 26.4 Å². The Morgan fingerprint density at radius 3 is 2.05 bits per heavy atom. The summed E-state index contributed by atoms with van der Waals surface area (Å²) in [6.45, 7) is 11.4. The van der Waals surface area contributed by atoms with Crippen LogP contribution in [0.4, 0.5) is 0 Å². The van der Waals surface area contributed by atoms with Crippen molar-refractivity contribution in [3.8, 4) is 23.0 Å². The van der Waals surface area contributed by atoms with E-state index in [4.69, 9.17) is 18.9 Å². The second-order valence-corrected chi connectivity index (χ2v) is 9.87. The van der Waals surface area contributed by atoms with Crippen LogP contribution in [0.3, 0.4) is 0 Å². The predicted octanol–water partition coefficient (Wildman–Crippen LogP) is 7.50. The van der Waals surface area contributed by atoms with Crippen LogP contribution in [0.5, 0.6) is 23.0 Å². The van der Waals surface area contributed by atoms with Crippen LogP contribution in [-0.2, 0) is 13.0 Å². The SMILES string of the molecule is CCCCOc1cc(CN[C@@H](C)Cc2ccnc3ccc(OC)cc23)cc(OCCCC)c1OCCCC. The molecule has 1 aromatic heterocycles. The Hall–Kier alpha value is -2.99. The number of ether oxygens (including phenoxy) is 4. The van der Waals surface area contributed by atoms with Crippen molar-refractivity contribution in [1.82, 2.24) is 10.3 Å². The molecule has 0 saturated carbocycles. The van der Waals surface area contributed by atoms with Gasteiger partial charge in [0.25, 0.3) is 0 Å². The summed E-state index contributed by atoms with van der Waals surface area (Å²) in [4.78, 5) is 4.52. The zero-order chi connectivity index (χ0) is 27.2. The summed E-state index contributed by atoms with van der Waals surface area (Å²) in [7, 11) is 1.70. The van der Waals surface area contributed by atoms with Crippen molar-refractivity contribution >= 4 is 10.9 Å². The summed E-state index contributed by atoms with van der Waals surface area (Å²) in [5, 5.41) is 4.83. The fraction of sp³-hybridized carbons (Fsp3) is 0.531. The molecule has 0 aliphatic rings. The number of rotatable bonds is 18. The zero-order valence-corrected chi connectivity index (χ0v) is 24.0. The molecule has 0 saturated heterocycles. The minimum absolute atomic E-state index is 0.251. The van der Waals surface area contributed by atoms with Crippen molar-refractivity contribution < 1.29 is 18.9 Å². The Labute approximate surface area is 229 Å². The molecule has 208 valence electrons. The first-order valence-corrected chi connectivity index (χ1v) is 14.3. The number of hydrogen-bond donors (Lipinski definition) is 1. The summed E-state index contributed by atoms with van der Waals surface area (Å²) in [6, 6.07) is 12.6. The first kappa shape index (κ1) is 29.6. The van der Waals surface area contributed by atoms with Crippen LogP contribution in [0.25, 0.3) is 10.9 Å². The highest BCUT2D eigenvalue weighted by Gasteiger charge is 2.17. The third-order valence-electron chi connectivity index (χ3n) is 6.56. The molecule has 6 nitrogen and oxygen atoms in total. The van der Waals surface area contributed by atoms with Gasteiger partial charge in [-0.3, -0.25) is 4.98 Å². The van der Waals surface area contributed by atoms with E-state index in [1.807, 2.05) is 18.3 Å². The van der Waals surface area contributed by atoms with E-state index in [2.05, 4.69) is 62.3 Å². The van der Waals surface area contributed by atoms with Crippen LogP contribution in [0, 0.1) is 0 Å². The number of unbranched alkanes of at least 4 members (excludes halogenated alkanes) is 3. The van der Waals surface area contributed by atoms with E-state index < -0.39 is 0 Å². The Morgan fingerprint density at radius 1 is 0.816 bits per heavy atom. The number of nitrogens with zero attached hydrogens (tertiary/aromatic N) is 1. The molecular weight excluding hydrogens is 476 g/mol. The number of nitrogens with one attached hydrogen (secondary N) is 1. The highest BCUT2D eigenvalue weighted by molar-refractivity contribution is 5.83. The van der Waals surface area contributed by atoms with Crippen molar-refractivity contribution in [1.29, 1.82) is 0 Å². The van der Waals surface area contributed by atoms with E-state index in [1.54, 1.807) is 7.11 Å². The predicted molar refractivity (Wildman–Crippen MR) is 156 cm³/mol. The molecule has 0 aliphatic heterocycles. The van der Waals surface area contributed by atoms with Gasteiger partial charge in [0.2, 0.25) is 5.75 Å². The molecule has 1 atom stereocenters. The molecule has 0 amide bonds. The van der Waals surface area contributed by atoms with Gasteiger partial charge in [-0.05, 0) is 80.1 Å². The van der Waals surface area contributed by atoms with Crippen LogP contribution in [-0.4, -0.2) is 38.0 Å². The number of aromatic nitrogens is 1. The normalized spacial score (nSPS) is 11.9. The lowest BCUT2D eigenvalue weighted by atomic mass is 10.0. The Kier molecular flexibility index (Phi) is 12.5. The van der Waals surface area contributed by atoms with Gasteiger partial charge in [-0.2, -0.15) is 0 Å². The summed E-state index contributed by atoms with van der Waals surface area (Å²) in [5.74, 6) is 3.14. The minimum Gasteiger partial charge on any atom is -0.497 e. The Bertz CT molecular complexity index is 1090. The average Bonchev–Trinajstić information content (AvgIpc) is 2.93. The lowest BCUT2D eigenvalue weighted by Gasteiger charge is -2.20. The first-order valence-electron chi connectivity index (χ1n) is 14.3. The maximum Gasteiger partial charge on any atom is 0.203 e. The van der Waals surface area contributed by atoms with Crippen molar-refractivity contribution in [3.05, 3.63) is 53.7 Å². The maximum absolute atomic E-state index is 6.22. The fourth-order valence-electron chi connectivity index (χ4n) is 4.24. The van der Waals surface area contributed by atoms with Gasteiger partial charge >= 0.3 is 0 Å². The van der Waals surface area contributed by atoms with Gasteiger partial charge in [0.05, 0.1) is 32.4 Å². The maximum atomic E-state index is 6.22. The fourth-order valence-corrected chi connectivity index (χ4v) is 4.24. The summed E-state index contributed by atoms with van der Waals surface area (Å²) >= 11 is 0. The van der Waals surface area contributed by atoms with Crippen LogP contribution >= 0.6 is 0 Å². The Morgan fingerprint density at radius 2 is 1.45 bits per heavy atom. The smallest absolute Gasteiger partial charge is 0.203 e. The van der Waals surface area contributed by atoms with Crippen LogP contribution in [0.15, 0.2) is 42.6 Å². The third-order valence-corrected chi connectivity index (χ3v) is 6.56. The average molecular weight is 523 g/mol. The van der Waals surface area contributed by atoms with Gasteiger partial charge in [-0.25, -0.2) is 0 Å². The van der Waals surface area contributed by atoms with Gasteiger partial charge < -0.3 is 24.3 Å². The molecule has 0 bridgehead atoms. The molecule has 2 aromatic carbocycles. The molecule has 38 heavy (non-hydrogen) atoms. The van der Waals surface area contributed by atoms with E-state index in [-0.39, 0.29) is 6.04 Å². The summed E-state index contributed by atoms with van der Waals surface area (Å²) < 4.78 is 24.1. The minimum atomic E-state index is 0.251. The van der Waals surface area contributed by atoms with E-state index in [9.17, 15) is 0 Å². The van der Waals surface area contributed by atoms with Crippen molar-refractivity contribution in [2.75, 3.05) is 26.9 Å². The molecule has 1 heterocycles. The van der Waals surface area contributed by atoms with Gasteiger partial charge in [0, 0.05) is 24.2 Å². The first-order chi connectivity index (χ1) is 18.6. The number of pyridine rings is 1. The number of hydrogen-bond acceptors (Lipinski definition) is 6. The molecule has 3 rings (SSSR count). The summed E-state index contributed by atoms with van der Waals surface area (Å²) in [6.07, 6.45) is 9.02. The van der Waals surface area contributed by atoms with Crippen LogP contribution in [0.1, 0.15) is 77.3 Å². The molecular formula is C32H46N2O4. The monoisotopic (exact) mass is 522 g/mol. The van der Waals surface area contributed by atoms with E-state index in [1.165, 1.54) is 5.56 Å². The van der Waals surface area contributed by atoms with Gasteiger partial charge in [-0.1, -0.05) is 40.0 Å². The molecule has 0 unspecified atom stereocenters. The second-order valence-electron chi connectivity index (χ2n) is 9.87. The van der Waals surface area contributed by atoms with Crippen LogP contribution in [0.2, 0.25) is 0 Å². The zero-order valence-electron chi connectivity index (χ0n) is 24.0. The molecule has 1 N–H and O–H groups in total. The number of fused-ring (bicyclic) bond motifs is 1. The van der Waals surface area contributed by atoms with Gasteiger partial charge in [0.15, 0.2) is 11.5 Å². The molecule has 6 heteroatoms. The molecule has 3 aromatic rings. The third kappa shape index (κ3) is 8.80. The molecule has 0 aliphatic carbocycles. The lowest BCUT2D eigenvalue weighted by molar-refractivity contribution is 0.236. The largest absolute Gasteiger partial charge is 0.497 e. The standard InChI is InChI=1S/C32H46N2O4/c1-6-9-16-36-30-20-25(21-31(37-17-10-7-2)32(30)38-18-11-8-3)23-34-24(4)19-26-14-15-33-29-13-12-27(35-5)22-28(26)29/h12-15,20-22,24,34H,6-11,16-19,23H2,1-5H3/t24-/m0/s1. The second kappa shape index (κ2) is 16.1. The Balaban J connectivity index is 1.77. The topological polar surface area (TPSA) is 61.8 Å². The molecule has 0 radical (unpaired) electrons.